The highest BCUT2D eigenvalue weighted by atomic mass is 16.1. The van der Waals surface area contributed by atoms with Crippen LogP contribution in [0.4, 0.5) is 5.69 Å². The molecule has 2 heteroatoms. The Morgan fingerprint density at radius 3 is 2.05 bits per heavy atom. The molecule has 0 fully saturated rings. The Balaban J connectivity index is 2.32. The van der Waals surface area contributed by atoms with Crippen molar-refractivity contribution in [3.05, 3.63) is 65.2 Å². The van der Waals surface area contributed by atoms with Crippen LogP contribution in [0.1, 0.15) is 42.3 Å². The maximum absolute atomic E-state index is 12.7. The fraction of sp³-hybridized carbons (Fsp3) is 0.278. The van der Waals surface area contributed by atoms with Crippen molar-refractivity contribution in [3.8, 4) is 0 Å². The van der Waals surface area contributed by atoms with Gasteiger partial charge in [0.05, 0.1) is 5.41 Å². The van der Waals surface area contributed by atoms with Crippen LogP contribution in [-0.2, 0) is 11.8 Å². The maximum atomic E-state index is 12.7. The van der Waals surface area contributed by atoms with Gasteiger partial charge in [-0.1, -0.05) is 43.3 Å². The number of carbonyl (C=O) groups is 1. The molecular formula is C18H21NO. The fourth-order valence-electron chi connectivity index (χ4n) is 2.28. The first-order valence-corrected chi connectivity index (χ1v) is 6.95. The summed E-state index contributed by atoms with van der Waals surface area (Å²) in [5.41, 5.74) is 8.84. The summed E-state index contributed by atoms with van der Waals surface area (Å²) in [6, 6.07) is 15.4. The van der Waals surface area contributed by atoms with Gasteiger partial charge in [0.15, 0.2) is 5.78 Å². The number of hydrogen-bond acceptors (Lipinski definition) is 2. The number of nitrogens with two attached hydrogens (primary N) is 1. The number of carbonyl (C=O) groups excluding carboxylic acids is 1. The summed E-state index contributed by atoms with van der Waals surface area (Å²) >= 11 is 0. The smallest absolute Gasteiger partial charge is 0.172 e. The molecule has 2 aromatic carbocycles. The van der Waals surface area contributed by atoms with Gasteiger partial charge in [0.2, 0.25) is 0 Å². The van der Waals surface area contributed by atoms with E-state index in [4.69, 9.17) is 5.73 Å². The molecule has 0 bridgehead atoms. The van der Waals surface area contributed by atoms with Gasteiger partial charge < -0.3 is 5.73 Å². The molecule has 0 aromatic heterocycles. The van der Waals surface area contributed by atoms with Gasteiger partial charge in [-0.15, -0.1) is 0 Å². The third kappa shape index (κ3) is 2.74. The molecule has 2 nitrogen and oxygen atoms in total. The van der Waals surface area contributed by atoms with Gasteiger partial charge in [-0.2, -0.15) is 0 Å². The molecule has 0 unspecified atom stereocenters. The second-order valence-corrected chi connectivity index (χ2v) is 5.63. The van der Waals surface area contributed by atoms with Crippen molar-refractivity contribution >= 4 is 11.5 Å². The Bertz CT molecular complexity index is 594. The SMILES string of the molecule is CCc1ccc(C(=O)C(C)(C)c2ccc(N)cc2)cc1. The number of nitrogen functional groups attached to an aromatic ring is 1. The van der Waals surface area contributed by atoms with E-state index in [1.165, 1.54) is 5.56 Å². The van der Waals surface area contributed by atoms with Crippen molar-refractivity contribution in [1.82, 2.24) is 0 Å². The second-order valence-electron chi connectivity index (χ2n) is 5.63. The van der Waals surface area contributed by atoms with E-state index in [1.807, 2.05) is 62.4 Å². The zero-order valence-corrected chi connectivity index (χ0v) is 12.3. The number of Topliss-reactive ketones (excluding diaryl/α,β-unsaturated/α-hetero) is 1. The fourth-order valence-corrected chi connectivity index (χ4v) is 2.28. The van der Waals surface area contributed by atoms with Crippen LogP contribution in [-0.4, -0.2) is 5.78 Å². The predicted molar refractivity (Wildman–Crippen MR) is 84.0 cm³/mol. The summed E-state index contributed by atoms with van der Waals surface area (Å²) < 4.78 is 0. The lowest BCUT2D eigenvalue weighted by molar-refractivity contribution is 0.0908. The quantitative estimate of drug-likeness (QED) is 0.672. The van der Waals surface area contributed by atoms with Crippen molar-refractivity contribution in [1.29, 1.82) is 0 Å². The van der Waals surface area contributed by atoms with E-state index in [2.05, 4.69) is 6.92 Å². The molecule has 0 aliphatic heterocycles. The number of hydrogen-bond donors (Lipinski definition) is 1. The van der Waals surface area contributed by atoms with Crippen molar-refractivity contribution in [2.75, 3.05) is 5.73 Å². The van der Waals surface area contributed by atoms with E-state index in [-0.39, 0.29) is 5.78 Å². The second kappa shape index (κ2) is 5.49. The summed E-state index contributed by atoms with van der Waals surface area (Å²) in [4.78, 5) is 12.7. The first-order chi connectivity index (χ1) is 9.45. The minimum absolute atomic E-state index is 0.130. The highest BCUT2D eigenvalue weighted by Crippen LogP contribution is 2.28. The topological polar surface area (TPSA) is 43.1 Å². The maximum Gasteiger partial charge on any atom is 0.172 e. The van der Waals surface area contributed by atoms with Crippen molar-refractivity contribution in [2.24, 2.45) is 0 Å². The Morgan fingerprint density at radius 2 is 1.55 bits per heavy atom. The summed E-state index contributed by atoms with van der Waals surface area (Å²) in [7, 11) is 0. The molecule has 0 heterocycles. The Morgan fingerprint density at radius 1 is 1.00 bits per heavy atom. The summed E-state index contributed by atoms with van der Waals surface area (Å²) in [5.74, 6) is 0.130. The zero-order valence-electron chi connectivity index (χ0n) is 12.3. The first kappa shape index (κ1) is 14.3. The van der Waals surface area contributed by atoms with Crippen LogP contribution in [0.15, 0.2) is 48.5 Å². The van der Waals surface area contributed by atoms with Gasteiger partial charge in [-0.05, 0) is 43.5 Å². The molecule has 0 radical (unpaired) electrons. The lowest BCUT2D eigenvalue weighted by atomic mass is 9.78. The molecule has 20 heavy (non-hydrogen) atoms. The third-order valence-corrected chi connectivity index (χ3v) is 3.82. The average Bonchev–Trinajstić information content (AvgIpc) is 2.47. The molecule has 2 rings (SSSR count). The van der Waals surface area contributed by atoms with E-state index in [0.717, 1.165) is 17.5 Å². The molecule has 0 aliphatic carbocycles. The summed E-state index contributed by atoms with van der Waals surface area (Å²) in [6.07, 6.45) is 0.982. The Kier molecular flexibility index (Phi) is 3.93. The van der Waals surface area contributed by atoms with Gasteiger partial charge in [-0.3, -0.25) is 4.79 Å². The Labute approximate surface area is 120 Å². The Hall–Kier alpha value is -2.09. The average molecular weight is 267 g/mol. The molecule has 0 atom stereocenters. The van der Waals surface area contributed by atoms with E-state index in [0.29, 0.717) is 5.69 Å². The van der Waals surface area contributed by atoms with Crippen LogP contribution in [0.3, 0.4) is 0 Å². The highest BCUT2D eigenvalue weighted by Gasteiger charge is 2.30. The molecule has 104 valence electrons. The molecule has 0 saturated heterocycles. The van der Waals surface area contributed by atoms with Gasteiger partial charge in [-0.25, -0.2) is 0 Å². The number of rotatable bonds is 4. The standard InChI is InChI=1S/C18H21NO/c1-4-13-5-7-14(8-6-13)17(20)18(2,3)15-9-11-16(19)12-10-15/h5-12H,4,19H2,1-3H3. The summed E-state index contributed by atoms with van der Waals surface area (Å²) in [5, 5.41) is 0. The van der Waals surface area contributed by atoms with E-state index < -0.39 is 5.41 Å². The number of aryl methyl sites for hydroxylation is 1. The van der Waals surface area contributed by atoms with Crippen LogP contribution < -0.4 is 5.73 Å². The van der Waals surface area contributed by atoms with Crippen LogP contribution in [0.25, 0.3) is 0 Å². The molecule has 0 aliphatic rings. The molecule has 2 N–H and O–H groups in total. The molecule has 0 amide bonds. The number of ketones is 1. The zero-order chi connectivity index (χ0) is 14.8. The van der Waals surface area contributed by atoms with Crippen LogP contribution in [0.2, 0.25) is 0 Å². The third-order valence-electron chi connectivity index (χ3n) is 3.82. The highest BCUT2D eigenvalue weighted by molar-refractivity contribution is 6.03. The number of anilines is 1. The van der Waals surface area contributed by atoms with Crippen molar-refractivity contribution in [3.63, 3.8) is 0 Å². The monoisotopic (exact) mass is 267 g/mol. The van der Waals surface area contributed by atoms with Crippen LogP contribution >= 0.6 is 0 Å². The summed E-state index contributed by atoms with van der Waals surface area (Å²) in [6.45, 7) is 6.01. The van der Waals surface area contributed by atoms with Gasteiger partial charge in [0.1, 0.15) is 0 Å². The largest absolute Gasteiger partial charge is 0.399 e. The van der Waals surface area contributed by atoms with E-state index in [9.17, 15) is 4.79 Å². The lowest BCUT2D eigenvalue weighted by Crippen LogP contribution is -2.29. The lowest BCUT2D eigenvalue weighted by Gasteiger charge is -2.24. The van der Waals surface area contributed by atoms with E-state index >= 15 is 0 Å². The number of benzene rings is 2. The van der Waals surface area contributed by atoms with Gasteiger partial charge in [0, 0.05) is 11.3 Å². The minimum Gasteiger partial charge on any atom is -0.399 e. The molecule has 0 spiro atoms. The molecule has 0 saturated carbocycles. The van der Waals surface area contributed by atoms with Crippen molar-refractivity contribution in [2.45, 2.75) is 32.6 Å². The normalized spacial score (nSPS) is 11.3. The first-order valence-electron chi connectivity index (χ1n) is 6.95. The van der Waals surface area contributed by atoms with Gasteiger partial charge in [0.25, 0.3) is 0 Å². The molecule has 2 aromatic rings. The molecular weight excluding hydrogens is 246 g/mol. The predicted octanol–water partition coefficient (Wildman–Crippen LogP) is 3.99. The van der Waals surface area contributed by atoms with Crippen LogP contribution in [0, 0.1) is 0 Å². The van der Waals surface area contributed by atoms with Gasteiger partial charge >= 0.3 is 0 Å². The minimum atomic E-state index is -0.554. The van der Waals surface area contributed by atoms with Crippen molar-refractivity contribution < 1.29 is 4.79 Å². The van der Waals surface area contributed by atoms with Crippen LogP contribution in [0.5, 0.6) is 0 Å². The van der Waals surface area contributed by atoms with E-state index in [1.54, 1.807) is 0 Å².